The molecule has 28 heavy (non-hydrogen) atoms. The standard InChI is InChI=1S/C21H21Cl2N3OS/c1-25(2)16-9-10-26(12-16)15-6-4-14(5-7-15)24-21(27)20-19(23)17-8-3-13(22)11-18(17)28-20/h3-8,11,16H,9-10,12H2,1-2H3,(H,24,27). The summed E-state index contributed by atoms with van der Waals surface area (Å²) < 4.78 is 0.905. The molecule has 1 aliphatic rings. The molecule has 0 aliphatic carbocycles. The molecule has 2 heterocycles. The van der Waals surface area contributed by atoms with Crippen LogP contribution in [-0.4, -0.2) is 44.0 Å². The SMILES string of the molecule is CN(C)C1CCN(c2ccc(NC(=O)c3sc4cc(Cl)ccc4c3Cl)cc2)C1. The zero-order chi connectivity index (χ0) is 19.8. The minimum absolute atomic E-state index is 0.205. The average molecular weight is 434 g/mol. The summed E-state index contributed by atoms with van der Waals surface area (Å²) in [6.45, 7) is 2.08. The molecule has 1 aromatic heterocycles. The van der Waals surface area contributed by atoms with Gasteiger partial charge in [0.1, 0.15) is 4.88 Å². The molecule has 0 bridgehead atoms. The number of hydrogen-bond donors (Lipinski definition) is 1. The first kappa shape index (κ1) is 19.5. The van der Waals surface area contributed by atoms with Crippen LogP contribution in [0.2, 0.25) is 10.0 Å². The minimum atomic E-state index is -0.205. The largest absolute Gasteiger partial charge is 0.370 e. The van der Waals surface area contributed by atoms with Crippen molar-refractivity contribution in [3.63, 3.8) is 0 Å². The number of halogens is 2. The van der Waals surface area contributed by atoms with Crippen molar-refractivity contribution in [2.24, 2.45) is 0 Å². The van der Waals surface area contributed by atoms with Crippen LogP contribution in [0, 0.1) is 0 Å². The average Bonchev–Trinajstić information content (AvgIpc) is 3.28. The lowest BCUT2D eigenvalue weighted by Crippen LogP contribution is -2.31. The van der Waals surface area contributed by atoms with E-state index in [4.69, 9.17) is 23.2 Å². The molecule has 0 radical (unpaired) electrons. The van der Waals surface area contributed by atoms with Crippen LogP contribution in [0.15, 0.2) is 42.5 Å². The van der Waals surface area contributed by atoms with Gasteiger partial charge >= 0.3 is 0 Å². The van der Waals surface area contributed by atoms with Gasteiger partial charge in [-0.15, -0.1) is 11.3 Å². The molecule has 2 aromatic carbocycles. The molecule has 7 heteroatoms. The molecule has 146 valence electrons. The Labute approximate surface area is 178 Å². The highest BCUT2D eigenvalue weighted by molar-refractivity contribution is 7.21. The monoisotopic (exact) mass is 433 g/mol. The van der Waals surface area contributed by atoms with Crippen LogP contribution in [0.3, 0.4) is 0 Å². The summed E-state index contributed by atoms with van der Waals surface area (Å²) >= 11 is 13.8. The number of likely N-dealkylation sites (N-methyl/N-ethyl adjacent to an activating group) is 1. The van der Waals surface area contributed by atoms with Crippen molar-refractivity contribution in [2.75, 3.05) is 37.4 Å². The van der Waals surface area contributed by atoms with E-state index in [0.29, 0.717) is 21.0 Å². The topological polar surface area (TPSA) is 35.6 Å². The predicted octanol–water partition coefficient (Wildman–Crippen LogP) is 5.60. The molecule has 4 nitrogen and oxygen atoms in total. The fourth-order valence-electron chi connectivity index (χ4n) is 3.53. The Hall–Kier alpha value is -1.79. The lowest BCUT2D eigenvalue weighted by Gasteiger charge is -2.22. The van der Waals surface area contributed by atoms with E-state index in [1.165, 1.54) is 23.4 Å². The summed E-state index contributed by atoms with van der Waals surface area (Å²) in [5, 5.41) is 4.90. The molecular weight excluding hydrogens is 413 g/mol. The van der Waals surface area contributed by atoms with Gasteiger partial charge in [-0.2, -0.15) is 0 Å². The summed E-state index contributed by atoms with van der Waals surface area (Å²) in [7, 11) is 4.25. The highest BCUT2D eigenvalue weighted by atomic mass is 35.5. The normalized spacial score (nSPS) is 16.9. The van der Waals surface area contributed by atoms with Crippen LogP contribution < -0.4 is 10.2 Å². The smallest absolute Gasteiger partial charge is 0.267 e. The number of anilines is 2. The second kappa shape index (κ2) is 7.91. The van der Waals surface area contributed by atoms with Crippen LogP contribution in [0.25, 0.3) is 10.1 Å². The summed E-state index contributed by atoms with van der Waals surface area (Å²) in [6, 6.07) is 14.0. The van der Waals surface area contributed by atoms with E-state index in [-0.39, 0.29) is 5.91 Å². The van der Waals surface area contributed by atoms with E-state index in [9.17, 15) is 4.79 Å². The molecule has 1 atom stereocenters. The summed E-state index contributed by atoms with van der Waals surface area (Å²) in [4.78, 5) is 17.9. The van der Waals surface area contributed by atoms with Crippen LogP contribution >= 0.6 is 34.5 Å². The summed E-state index contributed by atoms with van der Waals surface area (Å²) in [5.41, 5.74) is 1.93. The molecule has 1 N–H and O–H groups in total. The van der Waals surface area contributed by atoms with E-state index in [0.717, 1.165) is 28.9 Å². The van der Waals surface area contributed by atoms with Gasteiger partial charge in [0.05, 0.1) is 5.02 Å². The number of carbonyl (C=O) groups excluding carboxylic acids is 1. The second-order valence-corrected chi connectivity index (χ2v) is 9.11. The zero-order valence-electron chi connectivity index (χ0n) is 15.7. The van der Waals surface area contributed by atoms with Crippen LogP contribution in [0.4, 0.5) is 11.4 Å². The van der Waals surface area contributed by atoms with E-state index >= 15 is 0 Å². The molecule has 0 spiro atoms. The summed E-state index contributed by atoms with van der Waals surface area (Å²) in [6.07, 6.45) is 1.17. The number of nitrogens with zero attached hydrogens (tertiary/aromatic N) is 2. The molecule has 1 amide bonds. The summed E-state index contributed by atoms with van der Waals surface area (Å²) in [5.74, 6) is -0.205. The second-order valence-electron chi connectivity index (χ2n) is 7.24. The zero-order valence-corrected chi connectivity index (χ0v) is 18.0. The first-order valence-electron chi connectivity index (χ1n) is 9.12. The van der Waals surface area contributed by atoms with Crippen LogP contribution in [0.1, 0.15) is 16.1 Å². The van der Waals surface area contributed by atoms with Crippen molar-refractivity contribution in [2.45, 2.75) is 12.5 Å². The van der Waals surface area contributed by atoms with Gasteiger partial charge in [-0.1, -0.05) is 29.3 Å². The molecule has 1 fully saturated rings. The molecule has 0 saturated carbocycles. The van der Waals surface area contributed by atoms with E-state index in [1.807, 2.05) is 24.3 Å². The van der Waals surface area contributed by atoms with Gasteiger partial charge in [0.2, 0.25) is 0 Å². The van der Waals surface area contributed by atoms with Crippen molar-refractivity contribution in [1.29, 1.82) is 0 Å². The van der Waals surface area contributed by atoms with Crippen molar-refractivity contribution in [3.05, 3.63) is 57.4 Å². The van der Waals surface area contributed by atoms with Gasteiger partial charge < -0.3 is 15.1 Å². The maximum Gasteiger partial charge on any atom is 0.267 e. The molecular formula is C21H21Cl2N3OS. The van der Waals surface area contributed by atoms with E-state index in [1.54, 1.807) is 6.07 Å². The highest BCUT2D eigenvalue weighted by Gasteiger charge is 2.24. The van der Waals surface area contributed by atoms with Crippen molar-refractivity contribution >= 4 is 61.9 Å². The fraction of sp³-hybridized carbons (Fsp3) is 0.286. The van der Waals surface area contributed by atoms with Gasteiger partial charge in [-0.3, -0.25) is 4.79 Å². The molecule has 3 aromatic rings. The molecule has 1 unspecified atom stereocenters. The Balaban J connectivity index is 1.47. The third-order valence-corrected chi connectivity index (χ3v) is 7.07. The third kappa shape index (κ3) is 3.85. The van der Waals surface area contributed by atoms with Gasteiger partial charge in [0, 0.05) is 45.6 Å². The molecule has 4 rings (SSSR count). The molecule has 1 aliphatic heterocycles. The first-order chi connectivity index (χ1) is 13.4. The maximum atomic E-state index is 12.7. The number of carbonyl (C=O) groups is 1. The van der Waals surface area contributed by atoms with Crippen molar-refractivity contribution in [3.8, 4) is 0 Å². The number of amides is 1. The number of hydrogen-bond acceptors (Lipinski definition) is 4. The quantitative estimate of drug-likeness (QED) is 0.581. The first-order valence-corrected chi connectivity index (χ1v) is 10.7. The number of benzene rings is 2. The van der Waals surface area contributed by atoms with Crippen LogP contribution in [0.5, 0.6) is 0 Å². The lowest BCUT2D eigenvalue weighted by molar-refractivity contribution is 0.103. The number of rotatable bonds is 4. The number of nitrogens with one attached hydrogen (secondary N) is 1. The Morgan fingerprint density at radius 3 is 2.61 bits per heavy atom. The fourth-order valence-corrected chi connectivity index (χ4v) is 5.21. The Kier molecular flexibility index (Phi) is 5.52. The van der Waals surface area contributed by atoms with E-state index in [2.05, 4.69) is 41.3 Å². The third-order valence-electron chi connectivity index (χ3n) is 5.18. The Morgan fingerprint density at radius 1 is 1.18 bits per heavy atom. The number of thiophene rings is 1. The predicted molar refractivity (Wildman–Crippen MR) is 121 cm³/mol. The van der Waals surface area contributed by atoms with Gasteiger partial charge in [-0.05, 0) is 56.9 Å². The van der Waals surface area contributed by atoms with Gasteiger partial charge in [-0.25, -0.2) is 0 Å². The van der Waals surface area contributed by atoms with Crippen LogP contribution in [-0.2, 0) is 0 Å². The van der Waals surface area contributed by atoms with Gasteiger partial charge in [0.15, 0.2) is 0 Å². The van der Waals surface area contributed by atoms with E-state index < -0.39 is 0 Å². The number of fused-ring (bicyclic) bond motifs is 1. The van der Waals surface area contributed by atoms with Crippen molar-refractivity contribution < 1.29 is 4.79 Å². The highest BCUT2D eigenvalue weighted by Crippen LogP contribution is 2.37. The Bertz CT molecular complexity index is 1020. The van der Waals surface area contributed by atoms with Crippen molar-refractivity contribution in [1.82, 2.24) is 4.90 Å². The molecule has 1 saturated heterocycles. The maximum absolute atomic E-state index is 12.7. The van der Waals surface area contributed by atoms with Gasteiger partial charge in [0.25, 0.3) is 5.91 Å². The Morgan fingerprint density at radius 2 is 1.93 bits per heavy atom. The minimum Gasteiger partial charge on any atom is -0.370 e. The lowest BCUT2D eigenvalue weighted by atomic mass is 10.2.